The van der Waals surface area contributed by atoms with E-state index < -0.39 is 5.97 Å². The van der Waals surface area contributed by atoms with Crippen LogP contribution in [0.15, 0.2) is 24.3 Å². The molecule has 0 fully saturated rings. The van der Waals surface area contributed by atoms with Crippen LogP contribution in [0.1, 0.15) is 10.4 Å². The molecule has 1 aromatic carbocycles. The Balaban J connectivity index is 2.58. The molecule has 0 saturated carbocycles. The van der Waals surface area contributed by atoms with Crippen molar-refractivity contribution < 1.29 is 14.3 Å². The topological polar surface area (TPSA) is 55.4 Å². The zero-order valence-corrected chi connectivity index (χ0v) is 10.3. The molecule has 1 amide bonds. The Morgan fingerprint density at radius 3 is 2.80 bits per heavy atom. The van der Waals surface area contributed by atoms with Gasteiger partial charge in [0.05, 0.1) is 5.56 Å². The van der Waals surface area contributed by atoms with Crippen LogP contribution < -0.4 is 5.32 Å². The average Bonchev–Trinajstić information content (AvgIpc) is 2.25. The molecule has 0 spiro atoms. The molecule has 1 rings (SSSR count). The van der Waals surface area contributed by atoms with Gasteiger partial charge in [0, 0.05) is 10.6 Å². The van der Waals surface area contributed by atoms with E-state index in [-0.39, 0.29) is 12.5 Å². The molecule has 1 aromatic rings. The highest BCUT2D eigenvalue weighted by atomic mass is 127. The molecule has 80 valence electrons. The standard InChI is InChI=1S/C10H10INO3/c1-12-9(13)6-15-10(14)7-3-2-4-8(11)5-7/h2-5H,6H2,1H3,(H,12,13). The highest BCUT2D eigenvalue weighted by Gasteiger charge is 2.08. The summed E-state index contributed by atoms with van der Waals surface area (Å²) in [6, 6.07) is 6.98. The Morgan fingerprint density at radius 1 is 1.47 bits per heavy atom. The Hall–Kier alpha value is -1.11. The van der Waals surface area contributed by atoms with Crippen LogP contribution in [-0.2, 0) is 9.53 Å². The Morgan fingerprint density at radius 2 is 2.20 bits per heavy atom. The highest BCUT2D eigenvalue weighted by Crippen LogP contribution is 2.08. The number of carbonyl (C=O) groups is 2. The molecule has 0 radical (unpaired) electrons. The van der Waals surface area contributed by atoms with Crippen molar-refractivity contribution in [3.63, 3.8) is 0 Å². The average molecular weight is 319 g/mol. The van der Waals surface area contributed by atoms with E-state index in [1.807, 2.05) is 6.07 Å². The fourth-order valence-corrected chi connectivity index (χ4v) is 1.45. The summed E-state index contributed by atoms with van der Waals surface area (Å²) in [6.45, 7) is -0.249. The van der Waals surface area contributed by atoms with Crippen LogP contribution in [0.3, 0.4) is 0 Å². The first-order valence-corrected chi connectivity index (χ1v) is 5.34. The first kappa shape index (κ1) is 12.0. The summed E-state index contributed by atoms with van der Waals surface area (Å²) in [7, 11) is 1.49. The van der Waals surface area contributed by atoms with Crippen molar-refractivity contribution in [2.45, 2.75) is 0 Å². The third-order valence-electron chi connectivity index (χ3n) is 1.67. The van der Waals surface area contributed by atoms with Gasteiger partial charge in [0.15, 0.2) is 6.61 Å². The molecule has 15 heavy (non-hydrogen) atoms. The van der Waals surface area contributed by atoms with Gasteiger partial charge >= 0.3 is 5.97 Å². The van der Waals surface area contributed by atoms with Crippen LogP contribution in [0.4, 0.5) is 0 Å². The molecule has 4 nitrogen and oxygen atoms in total. The molecule has 0 saturated heterocycles. The van der Waals surface area contributed by atoms with Crippen LogP contribution >= 0.6 is 22.6 Å². The molecule has 0 heterocycles. The maximum absolute atomic E-state index is 11.4. The van der Waals surface area contributed by atoms with Gasteiger partial charge in [-0.3, -0.25) is 4.79 Å². The lowest BCUT2D eigenvalue weighted by Gasteiger charge is -2.03. The number of benzene rings is 1. The number of carbonyl (C=O) groups excluding carboxylic acids is 2. The van der Waals surface area contributed by atoms with Gasteiger partial charge in [-0.05, 0) is 40.8 Å². The largest absolute Gasteiger partial charge is 0.452 e. The first-order valence-electron chi connectivity index (χ1n) is 4.26. The zero-order chi connectivity index (χ0) is 11.3. The lowest BCUT2D eigenvalue weighted by molar-refractivity contribution is -0.123. The number of hydrogen-bond acceptors (Lipinski definition) is 3. The van der Waals surface area contributed by atoms with Gasteiger partial charge in [0.25, 0.3) is 5.91 Å². The maximum Gasteiger partial charge on any atom is 0.338 e. The van der Waals surface area contributed by atoms with Crippen LogP contribution in [0.25, 0.3) is 0 Å². The molecule has 0 unspecified atom stereocenters. The smallest absolute Gasteiger partial charge is 0.338 e. The quantitative estimate of drug-likeness (QED) is 0.673. The number of rotatable bonds is 3. The number of nitrogens with one attached hydrogen (secondary N) is 1. The zero-order valence-electron chi connectivity index (χ0n) is 8.12. The minimum absolute atomic E-state index is 0.249. The Bertz CT molecular complexity index is 379. The molecule has 0 aliphatic carbocycles. The molecule has 5 heteroatoms. The minimum atomic E-state index is -0.489. The van der Waals surface area contributed by atoms with E-state index in [9.17, 15) is 9.59 Å². The monoisotopic (exact) mass is 319 g/mol. The van der Waals surface area contributed by atoms with Gasteiger partial charge in [-0.2, -0.15) is 0 Å². The Kier molecular flexibility index (Phi) is 4.54. The van der Waals surface area contributed by atoms with Gasteiger partial charge < -0.3 is 10.1 Å². The van der Waals surface area contributed by atoms with E-state index in [1.165, 1.54) is 7.05 Å². The summed E-state index contributed by atoms with van der Waals surface area (Å²) in [4.78, 5) is 22.2. The van der Waals surface area contributed by atoms with Crippen LogP contribution in [0.2, 0.25) is 0 Å². The SMILES string of the molecule is CNC(=O)COC(=O)c1cccc(I)c1. The summed E-state index contributed by atoms with van der Waals surface area (Å²) >= 11 is 2.10. The fourth-order valence-electron chi connectivity index (χ4n) is 0.902. The van der Waals surface area contributed by atoms with Crippen molar-refractivity contribution in [1.29, 1.82) is 0 Å². The molecule has 0 aliphatic heterocycles. The second kappa shape index (κ2) is 5.69. The van der Waals surface area contributed by atoms with Crippen LogP contribution in [0, 0.1) is 3.57 Å². The molecular formula is C10H10INO3. The summed E-state index contributed by atoms with van der Waals surface area (Å²) in [5, 5.41) is 2.37. The number of amides is 1. The predicted octanol–water partition coefficient (Wildman–Crippen LogP) is 1.19. The van der Waals surface area contributed by atoms with Crippen molar-refractivity contribution in [3.8, 4) is 0 Å². The second-order valence-corrected chi connectivity index (χ2v) is 4.01. The third-order valence-corrected chi connectivity index (χ3v) is 2.34. The van der Waals surface area contributed by atoms with E-state index in [2.05, 4.69) is 27.9 Å². The fraction of sp³-hybridized carbons (Fsp3) is 0.200. The van der Waals surface area contributed by atoms with E-state index in [1.54, 1.807) is 18.2 Å². The van der Waals surface area contributed by atoms with Crippen molar-refractivity contribution in [3.05, 3.63) is 33.4 Å². The predicted molar refractivity (Wildman–Crippen MR) is 63.5 cm³/mol. The number of esters is 1. The number of hydrogen-bond donors (Lipinski definition) is 1. The molecule has 0 bridgehead atoms. The molecular weight excluding hydrogens is 309 g/mol. The van der Waals surface area contributed by atoms with E-state index >= 15 is 0 Å². The molecule has 1 N–H and O–H groups in total. The van der Waals surface area contributed by atoms with E-state index in [4.69, 9.17) is 4.74 Å². The van der Waals surface area contributed by atoms with Crippen molar-refractivity contribution >= 4 is 34.5 Å². The van der Waals surface area contributed by atoms with E-state index in [0.29, 0.717) is 5.56 Å². The van der Waals surface area contributed by atoms with E-state index in [0.717, 1.165) is 3.57 Å². The van der Waals surface area contributed by atoms with Gasteiger partial charge in [-0.1, -0.05) is 6.07 Å². The lowest BCUT2D eigenvalue weighted by atomic mass is 10.2. The van der Waals surface area contributed by atoms with Crippen LogP contribution in [0.5, 0.6) is 0 Å². The number of halogens is 1. The van der Waals surface area contributed by atoms with Gasteiger partial charge in [-0.25, -0.2) is 4.79 Å². The van der Waals surface area contributed by atoms with Gasteiger partial charge in [0.1, 0.15) is 0 Å². The van der Waals surface area contributed by atoms with Crippen molar-refractivity contribution in [2.75, 3.05) is 13.7 Å². The molecule has 0 aromatic heterocycles. The normalized spacial score (nSPS) is 9.47. The maximum atomic E-state index is 11.4. The summed E-state index contributed by atoms with van der Waals surface area (Å²) in [6.07, 6.45) is 0. The Labute approximate surface area is 101 Å². The van der Waals surface area contributed by atoms with Gasteiger partial charge in [-0.15, -0.1) is 0 Å². The summed E-state index contributed by atoms with van der Waals surface area (Å²) in [5.41, 5.74) is 0.450. The van der Waals surface area contributed by atoms with Crippen LogP contribution in [-0.4, -0.2) is 25.5 Å². The van der Waals surface area contributed by atoms with Crippen molar-refractivity contribution in [2.24, 2.45) is 0 Å². The summed E-state index contributed by atoms with van der Waals surface area (Å²) < 4.78 is 5.73. The lowest BCUT2D eigenvalue weighted by Crippen LogP contribution is -2.25. The molecule has 0 atom stereocenters. The summed E-state index contributed by atoms with van der Waals surface area (Å²) in [5.74, 6) is -0.814. The van der Waals surface area contributed by atoms with Gasteiger partial charge in [0.2, 0.25) is 0 Å². The molecule has 0 aliphatic rings. The highest BCUT2D eigenvalue weighted by molar-refractivity contribution is 14.1. The minimum Gasteiger partial charge on any atom is -0.452 e. The second-order valence-electron chi connectivity index (χ2n) is 2.76. The third kappa shape index (κ3) is 3.86. The first-order chi connectivity index (χ1) is 7.13. The number of likely N-dealkylation sites (N-methyl/N-ethyl adjacent to an activating group) is 1. The van der Waals surface area contributed by atoms with Crippen molar-refractivity contribution in [1.82, 2.24) is 5.32 Å². The number of ether oxygens (including phenoxy) is 1.